The van der Waals surface area contributed by atoms with Gasteiger partial charge in [0.25, 0.3) is 5.91 Å². The number of halogens is 2. The first-order valence-corrected chi connectivity index (χ1v) is 6.28. The summed E-state index contributed by atoms with van der Waals surface area (Å²) < 4.78 is 1.56. The van der Waals surface area contributed by atoms with E-state index >= 15 is 0 Å². The molecule has 6 heteroatoms. The van der Waals surface area contributed by atoms with Crippen LogP contribution in [0.5, 0.6) is 0 Å². The highest BCUT2D eigenvalue weighted by molar-refractivity contribution is 9.10. The van der Waals surface area contributed by atoms with Crippen LogP contribution in [0.2, 0.25) is 0 Å². The fourth-order valence-electron chi connectivity index (χ4n) is 1.17. The molecule has 0 aliphatic carbocycles. The number of pyridine rings is 2. The van der Waals surface area contributed by atoms with Crippen LogP contribution >= 0.6 is 31.9 Å². The Morgan fingerprint density at radius 3 is 2.65 bits per heavy atom. The van der Waals surface area contributed by atoms with Gasteiger partial charge in [0, 0.05) is 23.1 Å². The van der Waals surface area contributed by atoms with Crippen LogP contribution in [-0.2, 0) is 0 Å². The molecule has 2 heterocycles. The van der Waals surface area contributed by atoms with E-state index in [0.29, 0.717) is 11.4 Å². The zero-order valence-corrected chi connectivity index (χ0v) is 11.7. The summed E-state index contributed by atoms with van der Waals surface area (Å²) in [7, 11) is 0. The van der Waals surface area contributed by atoms with E-state index in [1.165, 1.54) is 0 Å². The van der Waals surface area contributed by atoms with Crippen LogP contribution < -0.4 is 5.32 Å². The molecule has 0 radical (unpaired) electrons. The van der Waals surface area contributed by atoms with Crippen LogP contribution in [0.25, 0.3) is 0 Å². The second kappa shape index (κ2) is 5.37. The monoisotopic (exact) mass is 355 g/mol. The average Bonchev–Trinajstić information content (AvgIpc) is 2.33. The third-order valence-electron chi connectivity index (χ3n) is 1.98. The van der Waals surface area contributed by atoms with Crippen LogP contribution in [-0.4, -0.2) is 15.9 Å². The summed E-state index contributed by atoms with van der Waals surface area (Å²) in [5.74, 6) is -0.260. The summed E-state index contributed by atoms with van der Waals surface area (Å²) in [6.45, 7) is 0. The molecule has 0 saturated heterocycles. The van der Waals surface area contributed by atoms with Crippen LogP contribution in [0.4, 0.5) is 5.69 Å². The topological polar surface area (TPSA) is 54.9 Å². The number of carbonyl (C=O) groups excluding carboxylic acids is 1. The third kappa shape index (κ3) is 3.10. The smallest absolute Gasteiger partial charge is 0.274 e. The number of anilines is 1. The van der Waals surface area contributed by atoms with E-state index in [2.05, 4.69) is 47.1 Å². The van der Waals surface area contributed by atoms with Gasteiger partial charge in [0.05, 0.1) is 10.2 Å². The van der Waals surface area contributed by atoms with E-state index in [1.54, 1.807) is 36.8 Å². The fourth-order valence-corrected chi connectivity index (χ4v) is 1.76. The van der Waals surface area contributed by atoms with Crippen LogP contribution in [0, 0.1) is 0 Å². The first-order chi connectivity index (χ1) is 8.16. The van der Waals surface area contributed by atoms with Gasteiger partial charge in [-0.25, -0.2) is 4.98 Å². The lowest BCUT2D eigenvalue weighted by atomic mass is 10.3. The Morgan fingerprint density at radius 2 is 2.00 bits per heavy atom. The average molecular weight is 357 g/mol. The van der Waals surface area contributed by atoms with E-state index < -0.39 is 0 Å². The molecule has 0 unspecified atom stereocenters. The minimum Gasteiger partial charge on any atom is -0.319 e. The van der Waals surface area contributed by atoms with Crippen molar-refractivity contribution in [1.29, 1.82) is 0 Å². The first-order valence-electron chi connectivity index (χ1n) is 4.69. The molecule has 2 rings (SSSR count). The van der Waals surface area contributed by atoms with Crippen LogP contribution in [0.1, 0.15) is 10.5 Å². The Morgan fingerprint density at radius 1 is 1.18 bits per heavy atom. The molecule has 0 aromatic carbocycles. The van der Waals surface area contributed by atoms with E-state index in [4.69, 9.17) is 0 Å². The van der Waals surface area contributed by atoms with Crippen molar-refractivity contribution in [1.82, 2.24) is 9.97 Å². The number of nitrogens with one attached hydrogen (secondary N) is 1. The Hall–Kier alpha value is -1.27. The van der Waals surface area contributed by atoms with Gasteiger partial charge < -0.3 is 5.32 Å². The lowest BCUT2D eigenvalue weighted by molar-refractivity contribution is 0.102. The molecule has 0 bridgehead atoms. The first kappa shape index (κ1) is 12.2. The number of rotatable bonds is 2. The van der Waals surface area contributed by atoms with Gasteiger partial charge in [-0.05, 0) is 50.1 Å². The van der Waals surface area contributed by atoms with Crippen molar-refractivity contribution in [2.75, 3.05) is 5.32 Å². The van der Waals surface area contributed by atoms with Gasteiger partial charge in [0.1, 0.15) is 5.69 Å². The molecule has 4 nitrogen and oxygen atoms in total. The molecule has 0 aliphatic rings. The molecule has 0 spiro atoms. The number of hydrogen-bond acceptors (Lipinski definition) is 3. The Balaban J connectivity index is 2.17. The summed E-state index contributed by atoms with van der Waals surface area (Å²) in [5.41, 5.74) is 1.02. The maximum atomic E-state index is 11.8. The normalized spacial score (nSPS) is 10.0. The number of hydrogen-bond donors (Lipinski definition) is 1. The van der Waals surface area contributed by atoms with Gasteiger partial charge in [-0.15, -0.1) is 0 Å². The maximum Gasteiger partial charge on any atom is 0.274 e. The summed E-state index contributed by atoms with van der Waals surface area (Å²) >= 11 is 6.57. The van der Waals surface area contributed by atoms with Crippen molar-refractivity contribution < 1.29 is 4.79 Å². The Kier molecular flexibility index (Phi) is 3.86. The van der Waals surface area contributed by atoms with Crippen molar-refractivity contribution >= 4 is 43.5 Å². The van der Waals surface area contributed by atoms with Gasteiger partial charge in [-0.2, -0.15) is 0 Å². The van der Waals surface area contributed by atoms with Crippen molar-refractivity contribution in [3.63, 3.8) is 0 Å². The van der Waals surface area contributed by atoms with Crippen molar-refractivity contribution in [2.24, 2.45) is 0 Å². The highest BCUT2D eigenvalue weighted by Crippen LogP contribution is 2.20. The number of aromatic nitrogens is 2. The quantitative estimate of drug-likeness (QED) is 0.898. The summed E-state index contributed by atoms with van der Waals surface area (Å²) in [6.07, 6.45) is 4.80. The summed E-state index contributed by atoms with van der Waals surface area (Å²) in [4.78, 5) is 19.8. The van der Waals surface area contributed by atoms with E-state index in [-0.39, 0.29) is 5.91 Å². The fraction of sp³-hybridized carbons (Fsp3) is 0. The SMILES string of the molecule is O=C(Nc1ccncc1Br)c1ccc(Br)cn1. The highest BCUT2D eigenvalue weighted by Gasteiger charge is 2.08. The predicted octanol–water partition coefficient (Wildman–Crippen LogP) is 3.25. The molecular formula is C11H7Br2N3O. The second-order valence-corrected chi connectivity index (χ2v) is 4.94. The molecule has 0 aliphatic heterocycles. The molecule has 86 valence electrons. The molecule has 1 amide bonds. The number of amides is 1. The Bertz CT molecular complexity index is 543. The summed E-state index contributed by atoms with van der Waals surface area (Å²) in [5, 5.41) is 2.74. The van der Waals surface area contributed by atoms with Gasteiger partial charge in [0.2, 0.25) is 0 Å². The molecule has 1 N–H and O–H groups in total. The predicted molar refractivity (Wildman–Crippen MR) is 71.8 cm³/mol. The second-order valence-electron chi connectivity index (χ2n) is 3.17. The standard InChI is InChI=1S/C11H7Br2N3O/c12-7-1-2-10(15-5-7)11(17)16-9-3-4-14-6-8(9)13/h1-6H,(H,14,16,17). The highest BCUT2D eigenvalue weighted by atomic mass is 79.9. The van der Waals surface area contributed by atoms with E-state index in [0.717, 1.165) is 8.95 Å². The molecular weight excluding hydrogens is 350 g/mol. The molecule has 0 fully saturated rings. The van der Waals surface area contributed by atoms with Crippen molar-refractivity contribution in [3.8, 4) is 0 Å². The molecule has 17 heavy (non-hydrogen) atoms. The van der Waals surface area contributed by atoms with Gasteiger partial charge in [-0.1, -0.05) is 0 Å². The van der Waals surface area contributed by atoms with Gasteiger partial charge >= 0.3 is 0 Å². The van der Waals surface area contributed by atoms with Crippen molar-refractivity contribution in [2.45, 2.75) is 0 Å². The molecule has 2 aromatic heterocycles. The third-order valence-corrected chi connectivity index (χ3v) is 3.08. The molecule has 0 saturated carbocycles. The Labute approximate surface area is 115 Å². The van der Waals surface area contributed by atoms with Gasteiger partial charge in [0.15, 0.2) is 0 Å². The zero-order chi connectivity index (χ0) is 12.3. The summed E-state index contributed by atoms with van der Waals surface area (Å²) in [6, 6.07) is 5.12. The van der Waals surface area contributed by atoms with Crippen LogP contribution in [0.15, 0.2) is 45.7 Å². The minimum atomic E-state index is -0.260. The van der Waals surface area contributed by atoms with E-state index in [1.807, 2.05) is 0 Å². The zero-order valence-electron chi connectivity index (χ0n) is 8.52. The molecule has 0 atom stereocenters. The minimum absolute atomic E-state index is 0.260. The van der Waals surface area contributed by atoms with Crippen LogP contribution in [0.3, 0.4) is 0 Å². The van der Waals surface area contributed by atoms with E-state index in [9.17, 15) is 4.79 Å². The molecule has 2 aromatic rings. The van der Waals surface area contributed by atoms with Crippen molar-refractivity contribution in [3.05, 3.63) is 51.4 Å². The lowest BCUT2D eigenvalue weighted by Gasteiger charge is -2.05. The number of nitrogens with zero attached hydrogens (tertiary/aromatic N) is 2. The maximum absolute atomic E-state index is 11.8. The van der Waals surface area contributed by atoms with Gasteiger partial charge in [-0.3, -0.25) is 9.78 Å². The number of carbonyl (C=O) groups is 1. The lowest BCUT2D eigenvalue weighted by Crippen LogP contribution is -2.13. The largest absolute Gasteiger partial charge is 0.319 e.